The van der Waals surface area contributed by atoms with Crippen LogP contribution in [0.4, 0.5) is 0 Å². The molecule has 1 aliphatic rings. The van der Waals surface area contributed by atoms with Crippen LogP contribution in [-0.4, -0.2) is 173 Å². The Morgan fingerprint density at radius 3 is 0.559 bits per heavy atom. The van der Waals surface area contributed by atoms with Gasteiger partial charge in [-0.05, 0) is 48.5 Å². The van der Waals surface area contributed by atoms with Crippen LogP contribution in [0.25, 0.3) is 0 Å². The Kier molecular flexibility index (Phi) is 18.5. The molecule has 0 aliphatic carbocycles. The number of hydrogen-bond donors (Lipinski definition) is 4. The quantitative estimate of drug-likeness (QED) is 0.0925. The van der Waals surface area contributed by atoms with Crippen LogP contribution in [-0.2, 0) is 26.2 Å². The van der Waals surface area contributed by atoms with Crippen molar-refractivity contribution >= 4 is 23.9 Å². The number of aromatic carboxylic acids is 4. The van der Waals surface area contributed by atoms with E-state index in [4.69, 9.17) is 37.9 Å². The molecular formula is C48H60N4O16. The average molecular weight is 949 g/mol. The zero-order valence-electron chi connectivity index (χ0n) is 39.6. The summed E-state index contributed by atoms with van der Waals surface area (Å²) in [5.41, 5.74) is 2.53. The molecule has 5 rings (SSSR count). The minimum atomic E-state index is -1.14. The molecule has 0 saturated carbocycles. The minimum absolute atomic E-state index is 0.000243. The number of hydrogen-bond acceptors (Lipinski definition) is 16. The molecule has 1 aliphatic heterocycles. The van der Waals surface area contributed by atoms with E-state index in [0.717, 1.165) is 0 Å². The van der Waals surface area contributed by atoms with Gasteiger partial charge in [-0.25, -0.2) is 19.2 Å². The zero-order chi connectivity index (χ0) is 49.7. The third kappa shape index (κ3) is 12.7. The van der Waals surface area contributed by atoms with Gasteiger partial charge in [0.05, 0.1) is 101 Å². The largest absolute Gasteiger partial charge is 0.496 e. The first kappa shape index (κ1) is 52.0. The van der Waals surface area contributed by atoms with Gasteiger partial charge in [0.25, 0.3) is 0 Å². The van der Waals surface area contributed by atoms with Crippen LogP contribution in [0, 0.1) is 0 Å². The number of carbonyl (C=O) groups is 4. The second-order valence-electron chi connectivity index (χ2n) is 15.8. The Morgan fingerprint density at radius 1 is 0.324 bits per heavy atom. The van der Waals surface area contributed by atoms with Gasteiger partial charge in [0.2, 0.25) is 0 Å². The molecule has 0 unspecified atom stereocenters. The van der Waals surface area contributed by atoms with E-state index in [1.54, 1.807) is 0 Å². The van der Waals surface area contributed by atoms with Gasteiger partial charge in [-0.1, -0.05) is 0 Å². The van der Waals surface area contributed by atoms with E-state index >= 15 is 0 Å². The highest BCUT2D eigenvalue weighted by Gasteiger charge is 2.27. The fraction of sp³-hybridized carbons (Fsp3) is 0.417. The first-order chi connectivity index (χ1) is 32.6. The maximum Gasteiger partial charge on any atom is 0.335 e. The normalized spacial score (nSPS) is 14.5. The topological polar surface area (TPSA) is 236 Å². The molecule has 0 aromatic heterocycles. The maximum atomic E-state index is 12.1. The van der Waals surface area contributed by atoms with E-state index in [1.165, 1.54) is 105 Å². The molecule has 368 valence electrons. The standard InChI is InChI=1S/C48H60N4O16/c1-61-37-17-29(45(53)54)18-38(62-2)33(37)25-49-9-11-50(26-34-39(63-3)19-30(46(55)56)20-40(34)64-4)13-15-52(28-36-43(67-7)23-32(48(59)60)24-44(36)68-8)16-14-51(12-10-49)27-35-41(65-5)21-31(47(57)58)22-42(35)66-6/h17-24H,9-16,25-28H2,1-8H3,(H,53,54)(H,55,56)(H,57,58)(H,59,60). The van der Waals surface area contributed by atoms with Gasteiger partial charge in [0.15, 0.2) is 0 Å². The average Bonchev–Trinajstić information content (AvgIpc) is 3.33. The van der Waals surface area contributed by atoms with E-state index < -0.39 is 23.9 Å². The zero-order valence-corrected chi connectivity index (χ0v) is 39.6. The van der Waals surface area contributed by atoms with Crippen LogP contribution < -0.4 is 37.9 Å². The number of carboxylic acid groups (broad SMARTS) is 4. The SMILES string of the molecule is COc1cc(C(=O)O)cc(OC)c1CN1CCN(Cc2c(OC)cc(C(=O)O)cc2OC)CCN(Cc2c(OC)cc(C(=O)O)cc2OC)CCN(Cc2c(OC)cc(C(=O)O)cc2OC)CC1. The smallest absolute Gasteiger partial charge is 0.335 e. The van der Waals surface area contributed by atoms with Crippen LogP contribution in [0.3, 0.4) is 0 Å². The maximum absolute atomic E-state index is 12.1. The van der Waals surface area contributed by atoms with Crippen molar-refractivity contribution in [1.29, 1.82) is 0 Å². The molecule has 20 nitrogen and oxygen atoms in total. The molecule has 0 radical (unpaired) electrons. The molecule has 20 heteroatoms. The highest BCUT2D eigenvalue weighted by atomic mass is 16.5. The molecule has 1 heterocycles. The number of carboxylic acids is 4. The second kappa shape index (κ2) is 24.1. The summed E-state index contributed by atoms with van der Waals surface area (Å²) in [5, 5.41) is 39.5. The lowest BCUT2D eigenvalue weighted by Gasteiger charge is -2.35. The van der Waals surface area contributed by atoms with Crippen LogP contribution in [0.15, 0.2) is 48.5 Å². The summed E-state index contributed by atoms with van der Waals surface area (Å²) in [6.07, 6.45) is 0. The summed E-state index contributed by atoms with van der Waals surface area (Å²) in [4.78, 5) is 57.1. The van der Waals surface area contributed by atoms with Crippen molar-refractivity contribution < 1.29 is 77.5 Å². The van der Waals surface area contributed by atoms with Crippen LogP contribution >= 0.6 is 0 Å². The van der Waals surface area contributed by atoms with Crippen molar-refractivity contribution in [3.8, 4) is 46.0 Å². The fourth-order valence-corrected chi connectivity index (χ4v) is 8.16. The minimum Gasteiger partial charge on any atom is -0.496 e. The van der Waals surface area contributed by atoms with E-state index in [9.17, 15) is 39.6 Å². The Bertz CT molecular complexity index is 1990. The van der Waals surface area contributed by atoms with E-state index in [0.29, 0.717) is 121 Å². The van der Waals surface area contributed by atoms with Crippen molar-refractivity contribution in [1.82, 2.24) is 19.6 Å². The van der Waals surface area contributed by atoms with Gasteiger partial charge in [0, 0.05) is 78.5 Å². The molecule has 4 aromatic rings. The number of nitrogens with zero attached hydrogens (tertiary/aromatic N) is 4. The lowest BCUT2D eigenvalue weighted by atomic mass is 10.1. The molecule has 0 amide bonds. The number of rotatable bonds is 20. The molecule has 1 saturated heterocycles. The fourth-order valence-electron chi connectivity index (χ4n) is 8.16. The van der Waals surface area contributed by atoms with Crippen LogP contribution in [0.2, 0.25) is 0 Å². The predicted octanol–water partition coefficient (Wildman–Crippen LogP) is 4.87. The first-order valence-electron chi connectivity index (χ1n) is 21.4. The van der Waals surface area contributed by atoms with Crippen molar-refractivity contribution in [3.63, 3.8) is 0 Å². The Morgan fingerprint density at radius 2 is 0.456 bits per heavy atom. The Labute approximate surface area is 394 Å². The molecule has 68 heavy (non-hydrogen) atoms. The summed E-state index contributed by atoms with van der Waals surface area (Å²) < 4.78 is 45.9. The Balaban J connectivity index is 1.63. The summed E-state index contributed by atoms with van der Waals surface area (Å²) in [6.45, 7) is 4.78. The van der Waals surface area contributed by atoms with Gasteiger partial charge in [-0.15, -0.1) is 0 Å². The molecule has 1 fully saturated rings. The lowest BCUT2D eigenvalue weighted by molar-refractivity contribution is 0.0685. The van der Waals surface area contributed by atoms with Gasteiger partial charge in [0.1, 0.15) is 46.0 Å². The lowest BCUT2D eigenvalue weighted by Crippen LogP contribution is -2.45. The van der Waals surface area contributed by atoms with Gasteiger partial charge < -0.3 is 58.3 Å². The summed E-state index contributed by atoms with van der Waals surface area (Å²) in [7, 11) is 11.7. The van der Waals surface area contributed by atoms with Crippen LogP contribution in [0.1, 0.15) is 63.7 Å². The van der Waals surface area contributed by atoms with Crippen LogP contribution in [0.5, 0.6) is 46.0 Å². The Hall–Kier alpha value is -7.00. The highest BCUT2D eigenvalue weighted by Crippen LogP contribution is 2.36. The van der Waals surface area contributed by atoms with Crippen molar-refractivity contribution in [2.75, 3.05) is 109 Å². The molecular weight excluding hydrogens is 889 g/mol. The van der Waals surface area contributed by atoms with Gasteiger partial charge >= 0.3 is 23.9 Å². The third-order valence-corrected chi connectivity index (χ3v) is 11.9. The second-order valence-corrected chi connectivity index (χ2v) is 15.8. The summed E-state index contributed by atoms with van der Waals surface area (Å²) in [6, 6.07) is 11.7. The molecule has 0 spiro atoms. The summed E-state index contributed by atoms with van der Waals surface area (Å²) >= 11 is 0. The molecule has 0 atom stereocenters. The third-order valence-electron chi connectivity index (χ3n) is 11.9. The molecule has 0 bridgehead atoms. The number of benzene rings is 4. The van der Waals surface area contributed by atoms with Crippen molar-refractivity contribution in [2.24, 2.45) is 0 Å². The van der Waals surface area contributed by atoms with Gasteiger partial charge in [-0.2, -0.15) is 0 Å². The first-order valence-corrected chi connectivity index (χ1v) is 21.4. The number of ether oxygens (including phenoxy) is 8. The van der Waals surface area contributed by atoms with Crippen molar-refractivity contribution in [3.05, 3.63) is 93.0 Å². The van der Waals surface area contributed by atoms with Crippen molar-refractivity contribution in [2.45, 2.75) is 26.2 Å². The highest BCUT2D eigenvalue weighted by molar-refractivity contribution is 5.91. The van der Waals surface area contributed by atoms with Gasteiger partial charge in [-0.3, -0.25) is 19.6 Å². The summed E-state index contributed by atoms with van der Waals surface area (Å²) in [5.74, 6) is -1.89. The predicted molar refractivity (Wildman–Crippen MR) is 247 cm³/mol. The van der Waals surface area contributed by atoms with E-state index in [2.05, 4.69) is 19.6 Å². The monoisotopic (exact) mass is 948 g/mol. The molecule has 4 N–H and O–H groups in total. The van der Waals surface area contributed by atoms with E-state index in [1.807, 2.05) is 0 Å². The molecule has 4 aromatic carbocycles. The van der Waals surface area contributed by atoms with E-state index in [-0.39, 0.29) is 48.4 Å². The number of methoxy groups -OCH3 is 8.